The number of benzene rings is 1. The second-order valence-corrected chi connectivity index (χ2v) is 6.92. The number of hydrogen-bond donors (Lipinski definition) is 1. The molecule has 0 radical (unpaired) electrons. The molecule has 1 aliphatic rings. The van der Waals surface area contributed by atoms with Gasteiger partial charge in [0, 0.05) is 49.0 Å². The Hall–Kier alpha value is -1.56. The van der Waals surface area contributed by atoms with E-state index in [2.05, 4.69) is 32.0 Å². The Labute approximate surface area is 159 Å². The quantitative estimate of drug-likeness (QED) is 0.830. The second kappa shape index (κ2) is 8.70. The molecule has 7 heteroatoms. The van der Waals surface area contributed by atoms with Crippen molar-refractivity contribution in [3.63, 3.8) is 0 Å². The molecule has 0 amide bonds. The third-order valence-electron chi connectivity index (χ3n) is 4.46. The van der Waals surface area contributed by atoms with Gasteiger partial charge in [-0.1, -0.05) is 36.2 Å². The molecule has 1 aromatic carbocycles. The van der Waals surface area contributed by atoms with E-state index in [0.29, 0.717) is 10.0 Å². The third kappa shape index (κ3) is 4.97. The number of nitrogens with zero attached hydrogens (tertiary/aromatic N) is 4. The molecule has 0 saturated carbocycles. The van der Waals surface area contributed by atoms with Crippen LogP contribution in [0.4, 0.5) is 11.8 Å². The number of anilines is 2. The number of nitrogens with one attached hydrogen (secondary N) is 1. The monoisotopic (exact) mass is 379 g/mol. The van der Waals surface area contributed by atoms with Crippen LogP contribution in [-0.2, 0) is 6.42 Å². The molecule has 1 N–H and O–H groups in total. The minimum absolute atomic E-state index is 0.658. The van der Waals surface area contributed by atoms with E-state index in [1.54, 1.807) is 6.07 Å². The second-order valence-electron chi connectivity index (χ2n) is 6.08. The maximum Gasteiger partial charge on any atom is 0.227 e. The summed E-state index contributed by atoms with van der Waals surface area (Å²) in [4.78, 5) is 13.8. The van der Waals surface area contributed by atoms with Crippen molar-refractivity contribution in [1.82, 2.24) is 14.9 Å². The van der Waals surface area contributed by atoms with Crippen LogP contribution in [0, 0.1) is 0 Å². The Morgan fingerprint density at radius 1 is 1.12 bits per heavy atom. The average molecular weight is 380 g/mol. The summed E-state index contributed by atoms with van der Waals surface area (Å²) in [6.07, 6.45) is 2.62. The number of rotatable bonds is 6. The molecule has 3 rings (SSSR count). The van der Waals surface area contributed by atoms with Crippen LogP contribution < -0.4 is 10.2 Å². The van der Waals surface area contributed by atoms with Gasteiger partial charge in [0.25, 0.3) is 0 Å². The van der Waals surface area contributed by atoms with Gasteiger partial charge in [-0.05, 0) is 36.7 Å². The first-order chi connectivity index (χ1) is 12.2. The average Bonchev–Trinajstić information content (AvgIpc) is 2.64. The van der Waals surface area contributed by atoms with Crippen LogP contribution in [0.15, 0.2) is 30.5 Å². The van der Waals surface area contributed by atoms with E-state index in [-0.39, 0.29) is 0 Å². The van der Waals surface area contributed by atoms with Crippen molar-refractivity contribution in [2.45, 2.75) is 13.3 Å². The number of halogens is 2. The van der Waals surface area contributed by atoms with Crippen LogP contribution in [-0.4, -0.2) is 54.1 Å². The summed E-state index contributed by atoms with van der Waals surface area (Å²) in [5, 5.41) is 4.71. The largest absolute Gasteiger partial charge is 0.370 e. The van der Waals surface area contributed by atoms with E-state index in [4.69, 9.17) is 23.2 Å². The van der Waals surface area contributed by atoms with Crippen LogP contribution in [0.5, 0.6) is 0 Å². The number of piperazine rings is 1. The highest BCUT2D eigenvalue weighted by atomic mass is 35.5. The van der Waals surface area contributed by atoms with Gasteiger partial charge in [0.1, 0.15) is 5.82 Å². The minimum Gasteiger partial charge on any atom is -0.370 e. The van der Waals surface area contributed by atoms with E-state index in [9.17, 15) is 0 Å². The molecule has 2 heterocycles. The summed E-state index contributed by atoms with van der Waals surface area (Å²) in [5.41, 5.74) is 1.07. The van der Waals surface area contributed by atoms with Gasteiger partial charge in [-0.2, -0.15) is 4.98 Å². The molecule has 0 atom stereocenters. The fourth-order valence-electron chi connectivity index (χ4n) is 2.91. The van der Waals surface area contributed by atoms with Crippen LogP contribution >= 0.6 is 23.2 Å². The van der Waals surface area contributed by atoms with E-state index >= 15 is 0 Å². The van der Waals surface area contributed by atoms with Gasteiger partial charge in [0.15, 0.2) is 0 Å². The van der Waals surface area contributed by atoms with Crippen molar-refractivity contribution in [2.24, 2.45) is 0 Å². The van der Waals surface area contributed by atoms with Crippen molar-refractivity contribution in [2.75, 3.05) is 49.5 Å². The molecule has 0 aliphatic carbocycles. The standard InChI is InChI=1S/C18H23Cl2N5/c1-2-24-9-11-25(12-10-24)18-22-8-6-17(23-18)21-7-5-14-3-4-15(19)13-16(14)20/h3-4,6,8,13H,2,5,7,9-12H2,1H3,(H,21,22,23). The van der Waals surface area contributed by atoms with Gasteiger partial charge in [-0.15, -0.1) is 0 Å². The molecule has 1 fully saturated rings. The lowest BCUT2D eigenvalue weighted by atomic mass is 10.1. The van der Waals surface area contributed by atoms with Gasteiger partial charge < -0.3 is 15.1 Å². The zero-order valence-corrected chi connectivity index (χ0v) is 15.9. The molecule has 25 heavy (non-hydrogen) atoms. The summed E-state index contributed by atoms with van der Waals surface area (Å²) in [6, 6.07) is 7.50. The van der Waals surface area contributed by atoms with Crippen LogP contribution in [0.2, 0.25) is 10.0 Å². The van der Waals surface area contributed by atoms with Crippen molar-refractivity contribution in [3.8, 4) is 0 Å². The summed E-state index contributed by atoms with van der Waals surface area (Å²) < 4.78 is 0. The smallest absolute Gasteiger partial charge is 0.227 e. The van der Waals surface area contributed by atoms with Crippen molar-refractivity contribution in [3.05, 3.63) is 46.1 Å². The van der Waals surface area contributed by atoms with Crippen molar-refractivity contribution < 1.29 is 0 Å². The topological polar surface area (TPSA) is 44.3 Å². The fraction of sp³-hybridized carbons (Fsp3) is 0.444. The number of hydrogen-bond acceptors (Lipinski definition) is 5. The fourth-order valence-corrected chi connectivity index (χ4v) is 3.42. The molecule has 134 valence electrons. The third-order valence-corrected chi connectivity index (χ3v) is 5.05. The molecule has 1 aromatic heterocycles. The Kier molecular flexibility index (Phi) is 6.34. The summed E-state index contributed by atoms with van der Waals surface area (Å²) in [5.74, 6) is 1.64. The van der Waals surface area contributed by atoms with E-state index < -0.39 is 0 Å². The highest BCUT2D eigenvalue weighted by Crippen LogP contribution is 2.21. The summed E-state index contributed by atoms with van der Waals surface area (Å²) in [6.45, 7) is 8.11. The first kappa shape index (κ1) is 18.2. The number of likely N-dealkylation sites (N-methyl/N-ethyl adjacent to an activating group) is 1. The Morgan fingerprint density at radius 2 is 1.92 bits per heavy atom. The molecule has 1 saturated heterocycles. The van der Waals surface area contributed by atoms with Gasteiger partial charge in [-0.3, -0.25) is 0 Å². The van der Waals surface area contributed by atoms with Gasteiger partial charge in [0.05, 0.1) is 0 Å². The molecule has 0 bridgehead atoms. The predicted molar refractivity (Wildman–Crippen MR) is 105 cm³/mol. The molecular formula is C18H23Cl2N5. The molecular weight excluding hydrogens is 357 g/mol. The lowest BCUT2D eigenvalue weighted by Crippen LogP contribution is -2.46. The Morgan fingerprint density at radius 3 is 2.64 bits per heavy atom. The lowest BCUT2D eigenvalue weighted by molar-refractivity contribution is 0.270. The minimum atomic E-state index is 0.658. The molecule has 5 nitrogen and oxygen atoms in total. The zero-order chi connectivity index (χ0) is 17.6. The Bertz CT molecular complexity index is 702. The molecule has 2 aromatic rings. The molecule has 0 spiro atoms. The highest BCUT2D eigenvalue weighted by Gasteiger charge is 2.17. The maximum absolute atomic E-state index is 6.21. The summed E-state index contributed by atoms with van der Waals surface area (Å²) >= 11 is 12.1. The van der Waals surface area contributed by atoms with Crippen LogP contribution in [0.25, 0.3) is 0 Å². The zero-order valence-electron chi connectivity index (χ0n) is 14.4. The van der Waals surface area contributed by atoms with Crippen LogP contribution in [0.3, 0.4) is 0 Å². The SMILES string of the molecule is CCN1CCN(c2nccc(NCCc3ccc(Cl)cc3Cl)n2)CC1. The van der Waals surface area contributed by atoms with Gasteiger partial charge >= 0.3 is 0 Å². The van der Waals surface area contributed by atoms with Gasteiger partial charge in [0.2, 0.25) is 5.95 Å². The molecule has 0 unspecified atom stereocenters. The first-order valence-corrected chi connectivity index (χ1v) is 9.39. The normalized spacial score (nSPS) is 15.4. The number of aromatic nitrogens is 2. The van der Waals surface area contributed by atoms with E-state index in [1.807, 2.05) is 24.4 Å². The van der Waals surface area contributed by atoms with Crippen molar-refractivity contribution in [1.29, 1.82) is 0 Å². The van der Waals surface area contributed by atoms with Crippen LogP contribution in [0.1, 0.15) is 12.5 Å². The van der Waals surface area contributed by atoms with Gasteiger partial charge in [-0.25, -0.2) is 4.98 Å². The summed E-state index contributed by atoms with van der Waals surface area (Å²) in [7, 11) is 0. The van der Waals surface area contributed by atoms with Crippen molar-refractivity contribution >= 4 is 35.0 Å². The highest BCUT2D eigenvalue weighted by molar-refractivity contribution is 6.35. The maximum atomic E-state index is 6.21. The van der Waals surface area contributed by atoms with E-state index in [1.165, 1.54) is 0 Å². The molecule has 1 aliphatic heterocycles. The van der Waals surface area contributed by atoms with E-state index in [0.717, 1.165) is 63.0 Å². The Balaban J connectivity index is 1.55. The lowest BCUT2D eigenvalue weighted by Gasteiger charge is -2.34. The predicted octanol–water partition coefficient (Wildman–Crippen LogP) is 3.58. The first-order valence-electron chi connectivity index (χ1n) is 8.64.